The minimum atomic E-state index is -0.168. The van der Waals surface area contributed by atoms with Crippen LogP contribution in [0.3, 0.4) is 0 Å². The van der Waals surface area contributed by atoms with Crippen molar-refractivity contribution in [1.82, 2.24) is 10.2 Å². The molecule has 2 saturated carbocycles. The third-order valence-electron chi connectivity index (χ3n) is 3.39. The van der Waals surface area contributed by atoms with Crippen LogP contribution in [0, 0.1) is 11.8 Å². The van der Waals surface area contributed by atoms with Crippen LogP contribution in [0.15, 0.2) is 0 Å². The molecule has 4 nitrogen and oxygen atoms in total. The van der Waals surface area contributed by atoms with Gasteiger partial charge >= 0.3 is 6.03 Å². The van der Waals surface area contributed by atoms with Crippen LogP contribution in [0.5, 0.6) is 0 Å². The molecule has 3 rings (SSSR count). The lowest BCUT2D eigenvalue weighted by Crippen LogP contribution is -2.40. The smallest absolute Gasteiger partial charge is 0.312 e. The molecule has 1 heterocycles. The molecule has 2 aliphatic carbocycles. The van der Waals surface area contributed by atoms with Crippen LogP contribution >= 0.6 is 0 Å². The minimum absolute atomic E-state index is 0.138. The first-order valence-electron chi connectivity index (χ1n) is 5.36. The normalized spacial score (nSPS) is 27.4. The van der Waals surface area contributed by atoms with Crippen LogP contribution in [0.2, 0.25) is 0 Å². The van der Waals surface area contributed by atoms with E-state index < -0.39 is 0 Å². The molecule has 76 valence electrons. The van der Waals surface area contributed by atoms with Crippen molar-refractivity contribution in [3.8, 4) is 0 Å². The van der Waals surface area contributed by atoms with Crippen molar-refractivity contribution in [3.63, 3.8) is 0 Å². The van der Waals surface area contributed by atoms with Crippen molar-refractivity contribution in [1.29, 1.82) is 0 Å². The lowest BCUT2D eigenvalue weighted by Gasteiger charge is -2.25. The Morgan fingerprint density at radius 2 is 1.71 bits per heavy atom. The predicted octanol–water partition coefficient (Wildman–Crippen LogP) is 0.727. The molecular weight excluding hydrogens is 180 g/mol. The second-order valence-corrected chi connectivity index (χ2v) is 4.65. The van der Waals surface area contributed by atoms with E-state index in [1.807, 2.05) is 0 Å². The molecule has 0 unspecified atom stereocenters. The summed E-state index contributed by atoms with van der Waals surface area (Å²) in [4.78, 5) is 24.3. The van der Waals surface area contributed by atoms with E-state index in [4.69, 9.17) is 0 Å². The molecule has 1 aliphatic heterocycles. The van der Waals surface area contributed by atoms with Crippen LogP contribution in [0.25, 0.3) is 0 Å². The van der Waals surface area contributed by atoms with Gasteiger partial charge in [-0.3, -0.25) is 10.1 Å². The van der Waals surface area contributed by atoms with E-state index in [2.05, 4.69) is 5.32 Å². The van der Waals surface area contributed by atoms with Crippen molar-refractivity contribution < 1.29 is 9.59 Å². The summed E-state index contributed by atoms with van der Waals surface area (Å²) in [5.41, 5.74) is 0. The fraction of sp³-hybridized carbons (Fsp3) is 0.800. The van der Waals surface area contributed by atoms with E-state index in [0.717, 1.165) is 0 Å². The topological polar surface area (TPSA) is 49.4 Å². The molecule has 0 aromatic heterocycles. The average Bonchev–Trinajstić information content (AvgIpc) is 2.97. The van der Waals surface area contributed by atoms with Gasteiger partial charge < -0.3 is 4.90 Å². The lowest BCUT2D eigenvalue weighted by molar-refractivity contribution is -0.118. The Hall–Kier alpha value is -1.06. The van der Waals surface area contributed by atoms with E-state index in [-0.39, 0.29) is 18.5 Å². The fourth-order valence-electron chi connectivity index (χ4n) is 2.47. The second-order valence-electron chi connectivity index (χ2n) is 4.65. The highest BCUT2D eigenvalue weighted by Gasteiger charge is 2.48. The van der Waals surface area contributed by atoms with Gasteiger partial charge in [-0.15, -0.1) is 0 Å². The Labute approximate surface area is 82.6 Å². The summed E-state index contributed by atoms with van der Waals surface area (Å²) in [5, 5.41) is 2.36. The number of urea groups is 1. The third kappa shape index (κ3) is 1.29. The molecule has 3 amide bonds. The van der Waals surface area contributed by atoms with Gasteiger partial charge in [-0.1, -0.05) is 0 Å². The second kappa shape index (κ2) is 2.72. The predicted molar refractivity (Wildman–Crippen MR) is 49.5 cm³/mol. The van der Waals surface area contributed by atoms with Crippen molar-refractivity contribution >= 4 is 11.9 Å². The van der Waals surface area contributed by atoms with Gasteiger partial charge in [0.2, 0.25) is 5.91 Å². The Balaban J connectivity index is 1.77. The molecule has 14 heavy (non-hydrogen) atoms. The van der Waals surface area contributed by atoms with Crippen LogP contribution in [-0.4, -0.2) is 29.4 Å². The van der Waals surface area contributed by atoms with Gasteiger partial charge in [0.05, 0.1) is 0 Å². The zero-order valence-electron chi connectivity index (χ0n) is 8.03. The van der Waals surface area contributed by atoms with Gasteiger partial charge in [0.1, 0.15) is 6.54 Å². The average molecular weight is 194 g/mol. The number of imide groups is 1. The summed E-state index contributed by atoms with van der Waals surface area (Å²) in [6.07, 6.45) is 4.94. The van der Waals surface area contributed by atoms with E-state index in [9.17, 15) is 9.59 Å². The Bertz CT molecular complexity index is 282. The standard InChI is InChI=1S/C10H14N2O2/c13-8-5-12(10(14)11-8)9(6-1-2-6)7-3-4-7/h6-7,9H,1-5H2,(H,11,13,14). The first-order valence-corrected chi connectivity index (χ1v) is 5.36. The third-order valence-corrected chi connectivity index (χ3v) is 3.39. The first-order chi connectivity index (χ1) is 6.75. The van der Waals surface area contributed by atoms with Crippen molar-refractivity contribution in [2.75, 3.05) is 6.54 Å². The Morgan fingerprint density at radius 3 is 2.07 bits per heavy atom. The molecule has 1 saturated heterocycles. The van der Waals surface area contributed by atoms with Crippen molar-refractivity contribution in [2.24, 2.45) is 11.8 Å². The summed E-state index contributed by atoms with van der Waals surface area (Å²) in [7, 11) is 0. The van der Waals surface area contributed by atoms with Crippen LogP contribution in [0.4, 0.5) is 4.79 Å². The number of nitrogens with zero attached hydrogens (tertiary/aromatic N) is 1. The number of amides is 3. The molecular formula is C10H14N2O2. The van der Waals surface area contributed by atoms with E-state index in [0.29, 0.717) is 17.9 Å². The van der Waals surface area contributed by atoms with E-state index in [1.54, 1.807) is 4.90 Å². The molecule has 0 radical (unpaired) electrons. The molecule has 0 atom stereocenters. The molecule has 0 aromatic carbocycles. The van der Waals surface area contributed by atoms with Crippen molar-refractivity contribution in [2.45, 2.75) is 31.7 Å². The zero-order valence-corrected chi connectivity index (χ0v) is 8.03. The molecule has 0 aromatic rings. The maximum atomic E-state index is 11.5. The molecule has 0 spiro atoms. The Morgan fingerprint density at radius 1 is 1.14 bits per heavy atom. The van der Waals surface area contributed by atoms with Gasteiger partial charge in [-0.2, -0.15) is 0 Å². The summed E-state index contributed by atoms with van der Waals surface area (Å²) >= 11 is 0. The lowest BCUT2D eigenvalue weighted by atomic mass is 10.1. The van der Waals surface area contributed by atoms with E-state index >= 15 is 0 Å². The molecule has 4 heteroatoms. The summed E-state index contributed by atoms with van der Waals surface area (Å²) in [5.74, 6) is 1.22. The molecule has 3 fully saturated rings. The number of hydrogen-bond acceptors (Lipinski definition) is 2. The number of hydrogen-bond donors (Lipinski definition) is 1. The van der Waals surface area contributed by atoms with Gasteiger partial charge in [0.15, 0.2) is 0 Å². The SMILES string of the molecule is O=C1CN(C(C2CC2)C2CC2)C(=O)N1. The zero-order chi connectivity index (χ0) is 9.71. The number of nitrogens with one attached hydrogen (secondary N) is 1. The summed E-state index contributed by atoms with van der Waals surface area (Å²) in [6, 6.07) is 0.195. The van der Waals surface area contributed by atoms with Gasteiger partial charge in [0.25, 0.3) is 0 Å². The maximum Gasteiger partial charge on any atom is 0.324 e. The maximum absolute atomic E-state index is 11.5. The monoisotopic (exact) mass is 194 g/mol. The first kappa shape index (κ1) is 8.26. The van der Waals surface area contributed by atoms with Crippen LogP contribution in [-0.2, 0) is 4.79 Å². The Kier molecular flexibility index (Phi) is 1.60. The largest absolute Gasteiger partial charge is 0.324 e. The number of rotatable bonds is 3. The number of carbonyl (C=O) groups excluding carboxylic acids is 2. The quantitative estimate of drug-likeness (QED) is 0.673. The summed E-state index contributed by atoms with van der Waals surface area (Å²) < 4.78 is 0. The highest BCUT2D eigenvalue weighted by Crippen LogP contribution is 2.47. The fourth-order valence-corrected chi connectivity index (χ4v) is 2.47. The minimum Gasteiger partial charge on any atom is -0.312 e. The molecule has 0 bridgehead atoms. The molecule has 3 aliphatic rings. The van der Waals surface area contributed by atoms with Gasteiger partial charge in [-0.05, 0) is 37.5 Å². The van der Waals surface area contributed by atoms with Crippen LogP contribution in [0.1, 0.15) is 25.7 Å². The van der Waals surface area contributed by atoms with Gasteiger partial charge in [0, 0.05) is 6.04 Å². The molecule has 1 N–H and O–H groups in total. The van der Waals surface area contributed by atoms with Crippen LogP contribution < -0.4 is 5.32 Å². The highest BCUT2D eigenvalue weighted by atomic mass is 16.2. The highest BCUT2D eigenvalue weighted by molar-refractivity contribution is 6.02. The van der Waals surface area contributed by atoms with E-state index in [1.165, 1.54) is 25.7 Å². The van der Waals surface area contributed by atoms with Crippen molar-refractivity contribution in [3.05, 3.63) is 0 Å². The number of carbonyl (C=O) groups is 2. The summed E-state index contributed by atoms with van der Waals surface area (Å²) in [6.45, 7) is 0.288. The van der Waals surface area contributed by atoms with Gasteiger partial charge in [-0.25, -0.2) is 4.79 Å².